The van der Waals surface area contributed by atoms with Crippen LogP contribution in [-0.4, -0.2) is 29.0 Å². The average molecular weight is 359 g/mol. The van der Waals surface area contributed by atoms with E-state index in [2.05, 4.69) is 33.4 Å². The monoisotopic (exact) mass is 359 g/mol. The van der Waals surface area contributed by atoms with Gasteiger partial charge in [0.15, 0.2) is 0 Å². The lowest BCUT2D eigenvalue weighted by Gasteiger charge is -2.19. The first-order chi connectivity index (χ1) is 13.1. The summed E-state index contributed by atoms with van der Waals surface area (Å²) in [6.07, 6.45) is 0.969. The molecule has 1 aromatic heterocycles. The first-order valence-electron chi connectivity index (χ1n) is 8.70. The van der Waals surface area contributed by atoms with E-state index >= 15 is 0 Å². The number of pyridine rings is 1. The zero-order valence-electron chi connectivity index (χ0n) is 14.5. The van der Waals surface area contributed by atoms with Crippen LogP contribution >= 0.6 is 0 Å². The molecule has 0 spiro atoms. The molecule has 0 bridgehead atoms. The number of nitrogens with one attached hydrogen (secondary N) is 1. The van der Waals surface area contributed by atoms with Crippen LogP contribution in [0.3, 0.4) is 0 Å². The second kappa shape index (κ2) is 6.92. The molecule has 1 N–H and O–H groups in total. The molecule has 1 atom stereocenters. The minimum Gasteiger partial charge on any atom is -0.369 e. The maximum Gasteiger partial charge on any atom is 0.270 e. The molecule has 0 radical (unpaired) electrons. The molecule has 134 valence electrons. The minimum absolute atomic E-state index is 0.0456. The number of nitro benzene ring substituents is 1. The molecule has 1 saturated heterocycles. The van der Waals surface area contributed by atoms with Crippen LogP contribution in [0.5, 0.6) is 0 Å². The Bertz CT molecular complexity index is 1050. The van der Waals surface area contributed by atoms with Gasteiger partial charge in [0.25, 0.3) is 5.69 Å². The van der Waals surface area contributed by atoms with Gasteiger partial charge in [0, 0.05) is 42.3 Å². The zero-order chi connectivity index (χ0) is 18.8. The molecule has 1 aliphatic heterocycles. The number of rotatable bonds is 4. The van der Waals surface area contributed by atoms with Crippen molar-refractivity contribution in [2.24, 2.45) is 0 Å². The van der Waals surface area contributed by atoms with Crippen molar-refractivity contribution in [3.63, 3.8) is 0 Å². The van der Waals surface area contributed by atoms with Gasteiger partial charge < -0.3 is 10.2 Å². The second-order valence-electron chi connectivity index (χ2n) is 6.54. The maximum absolute atomic E-state index is 11.0. The molecule has 1 fully saturated rings. The van der Waals surface area contributed by atoms with E-state index in [0.717, 1.165) is 19.5 Å². The van der Waals surface area contributed by atoms with Crippen molar-refractivity contribution in [2.75, 3.05) is 23.3 Å². The molecular weight excluding hydrogens is 342 g/mol. The number of aromatic nitrogens is 1. The van der Waals surface area contributed by atoms with Gasteiger partial charge in [0.1, 0.15) is 5.82 Å². The van der Waals surface area contributed by atoms with Crippen molar-refractivity contribution >= 4 is 28.1 Å². The fraction of sp³-hybridized carbons (Fsp3) is 0.200. The summed E-state index contributed by atoms with van der Waals surface area (Å²) in [5, 5.41) is 24.3. The predicted octanol–water partition coefficient (Wildman–Crippen LogP) is 3.71. The van der Waals surface area contributed by atoms with Gasteiger partial charge in [-0.3, -0.25) is 10.1 Å². The van der Waals surface area contributed by atoms with Crippen LogP contribution in [0.15, 0.2) is 54.6 Å². The van der Waals surface area contributed by atoms with Gasteiger partial charge >= 0.3 is 0 Å². The predicted molar refractivity (Wildman–Crippen MR) is 104 cm³/mol. The summed E-state index contributed by atoms with van der Waals surface area (Å²) in [7, 11) is 0. The van der Waals surface area contributed by atoms with Crippen molar-refractivity contribution in [3.8, 4) is 6.07 Å². The Morgan fingerprint density at radius 1 is 1.22 bits per heavy atom. The van der Waals surface area contributed by atoms with E-state index < -0.39 is 4.92 Å². The fourth-order valence-electron chi connectivity index (χ4n) is 3.45. The number of nitriles is 1. The first-order valence-corrected chi connectivity index (χ1v) is 8.70. The first kappa shape index (κ1) is 16.8. The third-order valence-electron chi connectivity index (χ3n) is 4.79. The van der Waals surface area contributed by atoms with Crippen LogP contribution in [0.4, 0.5) is 17.2 Å². The molecule has 0 aliphatic carbocycles. The number of hydrogen-bond donors (Lipinski definition) is 1. The zero-order valence-corrected chi connectivity index (χ0v) is 14.5. The summed E-state index contributed by atoms with van der Waals surface area (Å²) in [5.74, 6) is 0.618. The number of fused-ring (bicyclic) bond motifs is 1. The SMILES string of the molecule is N#Cc1cc(NC2CCN(c3ccccc3)C2)nc2ccc([N+](=O)[O-])cc12. The van der Waals surface area contributed by atoms with Crippen LogP contribution in [-0.2, 0) is 0 Å². The quantitative estimate of drug-likeness (QED) is 0.564. The number of nitro groups is 1. The summed E-state index contributed by atoms with van der Waals surface area (Å²) in [6.45, 7) is 1.80. The van der Waals surface area contributed by atoms with E-state index in [1.165, 1.54) is 17.8 Å². The lowest BCUT2D eigenvalue weighted by molar-refractivity contribution is -0.384. The molecule has 3 aromatic rings. The molecule has 0 amide bonds. The number of benzene rings is 2. The van der Waals surface area contributed by atoms with Gasteiger partial charge in [0.05, 0.1) is 22.1 Å². The number of para-hydroxylation sites is 1. The molecule has 2 heterocycles. The Hall–Kier alpha value is -3.66. The van der Waals surface area contributed by atoms with Gasteiger partial charge in [-0.2, -0.15) is 5.26 Å². The Labute approximate surface area is 156 Å². The Morgan fingerprint density at radius 2 is 2.04 bits per heavy atom. The summed E-state index contributed by atoms with van der Waals surface area (Å²) in [5.41, 5.74) is 2.10. The van der Waals surface area contributed by atoms with Gasteiger partial charge in [0.2, 0.25) is 0 Å². The number of non-ortho nitro benzene ring substituents is 1. The number of nitrogens with zero attached hydrogens (tertiary/aromatic N) is 4. The lowest BCUT2D eigenvalue weighted by Crippen LogP contribution is -2.26. The van der Waals surface area contributed by atoms with E-state index in [-0.39, 0.29) is 11.7 Å². The second-order valence-corrected chi connectivity index (χ2v) is 6.54. The molecular formula is C20H17N5O2. The normalized spacial score (nSPS) is 16.3. The third kappa shape index (κ3) is 3.37. The molecule has 2 aromatic carbocycles. The smallest absolute Gasteiger partial charge is 0.270 e. The van der Waals surface area contributed by atoms with Crippen LogP contribution < -0.4 is 10.2 Å². The third-order valence-corrected chi connectivity index (χ3v) is 4.79. The summed E-state index contributed by atoms with van der Waals surface area (Å²) >= 11 is 0. The Balaban J connectivity index is 1.57. The van der Waals surface area contributed by atoms with Crippen LogP contribution in [0.1, 0.15) is 12.0 Å². The molecule has 4 rings (SSSR count). The largest absolute Gasteiger partial charge is 0.369 e. The van der Waals surface area contributed by atoms with Crippen molar-refractivity contribution in [1.29, 1.82) is 5.26 Å². The lowest BCUT2D eigenvalue weighted by atomic mass is 10.1. The van der Waals surface area contributed by atoms with E-state index in [4.69, 9.17) is 0 Å². The fourth-order valence-corrected chi connectivity index (χ4v) is 3.45. The van der Waals surface area contributed by atoms with Crippen molar-refractivity contribution in [1.82, 2.24) is 4.98 Å². The molecule has 7 heteroatoms. The van der Waals surface area contributed by atoms with Crippen molar-refractivity contribution in [3.05, 3.63) is 70.3 Å². The molecule has 1 aliphatic rings. The van der Waals surface area contributed by atoms with Crippen molar-refractivity contribution in [2.45, 2.75) is 12.5 Å². The van der Waals surface area contributed by atoms with Gasteiger partial charge in [-0.05, 0) is 30.7 Å². The number of anilines is 2. The molecule has 27 heavy (non-hydrogen) atoms. The van der Waals surface area contributed by atoms with E-state index in [9.17, 15) is 15.4 Å². The topological polar surface area (TPSA) is 95.1 Å². The Kier molecular flexibility index (Phi) is 4.30. The van der Waals surface area contributed by atoms with E-state index in [0.29, 0.717) is 22.3 Å². The van der Waals surface area contributed by atoms with Crippen LogP contribution in [0.25, 0.3) is 10.9 Å². The van der Waals surface area contributed by atoms with Crippen LogP contribution in [0.2, 0.25) is 0 Å². The standard InChI is InChI=1S/C20H17N5O2/c21-12-14-10-20(23-19-7-6-17(25(26)27)11-18(14)19)22-15-8-9-24(13-15)16-4-2-1-3-5-16/h1-7,10-11,15H,8-9,13H2,(H,22,23). The van der Waals surface area contributed by atoms with E-state index in [1.54, 1.807) is 12.1 Å². The van der Waals surface area contributed by atoms with Gasteiger partial charge in [-0.1, -0.05) is 18.2 Å². The molecule has 0 saturated carbocycles. The highest BCUT2D eigenvalue weighted by Crippen LogP contribution is 2.26. The minimum atomic E-state index is -0.469. The highest BCUT2D eigenvalue weighted by molar-refractivity contribution is 5.88. The summed E-state index contributed by atoms with van der Waals surface area (Å²) in [6, 6.07) is 18.7. The molecule has 7 nitrogen and oxygen atoms in total. The van der Waals surface area contributed by atoms with E-state index in [1.807, 2.05) is 18.2 Å². The average Bonchev–Trinajstić information content (AvgIpc) is 3.16. The van der Waals surface area contributed by atoms with Gasteiger partial charge in [-0.25, -0.2) is 4.98 Å². The highest BCUT2D eigenvalue weighted by Gasteiger charge is 2.23. The number of hydrogen-bond acceptors (Lipinski definition) is 6. The summed E-state index contributed by atoms with van der Waals surface area (Å²) in [4.78, 5) is 17.4. The highest BCUT2D eigenvalue weighted by atomic mass is 16.6. The van der Waals surface area contributed by atoms with Crippen molar-refractivity contribution < 1.29 is 4.92 Å². The van der Waals surface area contributed by atoms with Crippen LogP contribution in [0, 0.1) is 21.4 Å². The summed E-state index contributed by atoms with van der Waals surface area (Å²) < 4.78 is 0. The van der Waals surface area contributed by atoms with Gasteiger partial charge in [-0.15, -0.1) is 0 Å². The maximum atomic E-state index is 11.0. The Morgan fingerprint density at radius 3 is 2.78 bits per heavy atom. The molecule has 1 unspecified atom stereocenters.